The van der Waals surface area contributed by atoms with E-state index >= 15 is 0 Å². The molecule has 4 rings (SSSR count). The molecule has 0 spiro atoms. The number of para-hydroxylation sites is 2. The van der Waals surface area contributed by atoms with Crippen molar-refractivity contribution in [1.29, 1.82) is 0 Å². The Kier molecular flexibility index (Phi) is 3.25. The zero-order valence-corrected chi connectivity index (χ0v) is 13.8. The average Bonchev–Trinajstić information content (AvgIpc) is 2.53. The van der Waals surface area contributed by atoms with E-state index in [1.165, 1.54) is 13.1 Å². The topological polar surface area (TPSA) is 9.23 Å². The van der Waals surface area contributed by atoms with Crippen LogP contribution >= 0.6 is 11.6 Å². The van der Waals surface area contributed by atoms with Crippen LogP contribution in [0.4, 0.5) is 0 Å². The second-order valence-corrected chi connectivity index (χ2v) is 9.80. The van der Waals surface area contributed by atoms with Crippen molar-refractivity contribution in [2.75, 3.05) is 0 Å². The van der Waals surface area contributed by atoms with Gasteiger partial charge >= 0.3 is 133 Å². The maximum atomic E-state index is 6.06. The molecular formula is C18H12AsClO. The summed E-state index contributed by atoms with van der Waals surface area (Å²) in [5, 5.41) is 0.780. The van der Waals surface area contributed by atoms with Crippen molar-refractivity contribution in [3.63, 3.8) is 0 Å². The van der Waals surface area contributed by atoms with E-state index in [-0.39, 0.29) is 0 Å². The fraction of sp³-hybridized carbons (Fsp3) is 0. The van der Waals surface area contributed by atoms with Gasteiger partial charge < -0.3 is 0 Å². The van der Waals surface area contributed by atoms with Crippen LogP contribution in [0.2, 0.25) is 5.02 Å². The molecule has 0 aliphatic carbocycles. The van der Waals surface area contributed by atoms with Gasteiger partial charge in [-0.25, -0.2) is 0 Å². The molecule has 0 saturated heterocycles. The molecule has 0 atom stereocenters. The van der Waals surface area contributed by atoms with Crippen molar-refractivity contribution in [3.8, 4) is 11.5 Å². The summed E-state index contributed by atoms with van der Waals surface area (Å²) in [5.41, 5.74) is 0. The molecule has 0 saturated carbocycles. The SMILES string of the molecule is Clc1ccc([As]2c3ccccc3Oc3ccccc32)cc1. The van der Waals surface area contributed by atoms with Crippen LogP contribution in [0, 0.1) is 0 Å². The molecule has 3 aromatic carbocycles. The molecule has 102 valence electrons. The van der Waals surface area contributed by atoms with Crippen LogP contribution in [-0.2, 0) is 0 Å². The van der Waals surface area contributed by atoms with Gasteiger partial charge in [0.25, 0.3) is 0 Å². The first-order valence-electron chi connectivity index (χ1n) is 6.74. The summed E-state index contributed by atoms with van der Waals surface area (Å²) in [4.78, 5) is 0. The Balaban J connectivity index is 1.95. The zero-order valence-electron chi connectivity index (χ0n) is 11.2. The minimum atomic E-state index is -1.57. The summed E-state index contributed by atoms with van der Waals surface area (Å²) in [6, 6.07) is 25.0. The van der Waals surface area contributed by atoms with Gasteiger partial charge in [-0.05, 0) is 0 Å². The molecule has 1 heterocycles. The van der Waals surface area contributed by atoms with Crippen LogP contribution in [0.25, 0.3) is 0 Å². The third-order valence-corrected chi connectivity index (χ3v) is 9.05. The number of ether oxygens (including phenoxy) is 1. The first-order valence-corrected chi connectivity index (χ1v) is 9.94. The van der Waals surface area contributed by atoms with Gasteiger partial charge in [-0.15, -0.1) is 0 Å². The van der Waals surface area contributed by atoms with E-state index in [2.05, 4.69) is 48.5 Å². The third kappa shape index (κ3) is 2.27. The molecule has 0 fully saturated rings. The van der Waals surface area contributed by atoms with Crippen LogP contribution in [0.3, 0.4) is 0 Å². The number of hydrogen-bond acceptors (Lipinski definition) is 1. The van der Waals surface area contributed by atoms with E-state index in [4.69, 9.17) is 16.3 Å². The number of halogens is 1. The summed E-state index contributed by atoms with van der Waals surface area (Å²) in [5.74, 6) is 1.98. The minimum absolute atomic E-state index is 0.780. The Labute approximate surface area is 133 Å². The van der Waals surface area contributed by atoms with E-state index in [1.807, 2.05) is 24.3 Å². The maximum absolute atomic E-state index is 6.06. The molecule has 0 unspecified atom stereocenters. The number of benzene rings is 3. The monoisotopic (exact) mass is 354 g/mol. The van der Waals surface area contributed by atoms with Crippen LogP contribution in [0.15, 0.2) is 72.8 Å². The fourth-order valence-electron chi connectivity index (χ4n) is 2.57. The Morgan fingerprint density at radius 3 is 1.76 bits per heavy atom. The predicted molar refractivity (Wildman–Crippen MR) is 89.1 cm³/mol. The van der Waals surface area contributed by atoms with Crippen molar-refractivity contribution in [3.05, 3.63) is 77.8 Å². The molecular weight excluding hydrogens is 343 g/mol. The quantitative estimate of drug-likeness (QED) is 0.478. The zero-order chi connectivity index (χ0) is 14.2. The Morgan fingerprint density at radius 2 is 1.19 bits per heavy atom. The summed E-state index contributed by atoms with van der Waals surface area (Å²) >= 11 is 4.48. The number of fused-ring (bicyclic) bond motifs is 2. The molecule has 0 radical (unpaired) electrons. The van der Waals surface area contributed by atoms with Gasteiger partial charge in [0.1, 0.15) is 0 Å². The Morgan fingerprint density at radius 1 is 0.667 bits per heavy atom. The van der Waals surface area contributed by atoms with Crippen LogP contribution in [0.5, 0.6) is 11.5 Å². The van der Waals surface area contributed by atoms with Gasteiger partial charge in [-0.3, -0.25) is 0 Å². The standard InChI is InChI=1S/C18H12AsClO/c20-14-11-9-13(10-12-14)19-15-5-1-3-7-17(15)21-18-8-4-2-6-16(18)19/h1-12H. The molecule has 3 aromatic rings. The molecule has 0 aromatic heterocycles. The first kappa shape index (κ1) is 13.0. The van der Waals surface area contributed by atoms with Crippen molar-refractivity contribution in [2.24, 2.45) is 0 Å². The normalized spacial score (nSPS) is 13.2. The van der Waals surface area contributed by atoms with Gasteiger partial charge in [0, 0.05) is 0 Å². The van der Waals surface area contributed by atoms with Gasteiger partial charge in [-0.2, -0.15) is 0 Å². The van der Waals surface area contributed by atoms with Crippen molar-refractivity contribution < 1.29 is 4.74 Å². The van der Waals surface area contributed by atoms with Crippen LogP contribution in [0.1, 0.15) is 0 Å². The van der Waals surface area contributed by atoms with E-state index < -0.39 is 14.7 Å². The molecule has 1 nitrogen and oxygen atoms in total. The summed E-state index contributed by atoms with van der Waals surface area (Å²) in [7, 11) is 0. The van der Waals surface area contributed by atoms with Crippen molar-refractivity contribution in [1.82, 2.24) is 0 Å². The predicted octanol–water partition coefficient (Wildman–Crippen LogP) is 2.96. The second-order valence-electron chi connectivity index (χ2n) is 4.85. The molecule has 0 amide bonds. The Hall–Kier alpha value is -1.69. The van der Waals surface area contributed by atoms with Gasteiger partial charge in [0.2, 0.25) is 0 Å². The molecule has 1 aliphatic rings. The molecule has 1 aliphatic heterocycles. The van der Waals surface area contributed by atoms with Gasteiger partial charge in [0.05, 0.1) is 0 Å². The first-order chi connectivity index (χ1) is 10.3. The summed E-state index contributed by atoms with van der Waals surface area (Å²) in [6.07, 6.45) is 0. The Bertz CT molecular complexity index is 753. The van der Waals surface area contributed by atoms with E-state index in [1.54, 1.807) is 0 Å². The van der Waals surface area contributed by atoms with Gasteiger partial charge in [-0.1, -0.05) is 0 Å². The number of rotatable bonds is 1. The number of hydrogen-bond donors (Lipinski definition) is 0. The molecule has 3 heteroatoms. The van der Waals surface area contributed by atoms with Gasteiger partial charge in [0.15, 0.2) is 0 Å². The molecule has 21 heavy (non-hydrogen) atoms. The van der Waals surface area contributed by atoms with Crippen molar-refractivity contribution >= 4 is 39.3 Å². The molecule has 0 N–H and O–H groups in total. The van der Waals surface area contributed by atoms with E-state index in [0.717, 1.165) is 16.5 Å². The summed E-state index contributed by atoms with van der Waals surface area (Å²) < 4.78 is 10.1. The van der Waals surface area contributed by atoms with E-state index in [9.17, 15) is 0 Å². The summed E-state index contributed by atoms with van der Waals surface area (Å²) in [6.45, 7) is 0. The second kappa shape index (κ2) is 5.25. The third-order valence-electron chi connectivity index (χ3n) is 3.52. The van der Waals surface area contributed by atoms with Crippen LogP contribution < -0.4 is 17.8 Å². The average molecular weight is 355 g/mol. The fourth-order valence-corrected chi connectivity index (χ4v) is 7.76. The van der Waals surface area contributed by atoms with E-state index in [0.29, 0.717) is 0 Å². The molecule has 0 bridgehead atoms. The van der Waals surface area contributed by atoms with Crippen LogP contribution in [-0.4, -0.2) is 14.7 Å². The van der Waals surface area contributed by atoms with Crippen molar-refractivity contribution in [2.45, 2.75) is 0 Å².